The van der Waals surface area contributed by atoms with E-state index in [9.17, 15) is 14.0 Å². The number of carbonyl (C=O) groups is 2. The van der Waals surface area contributed by atoms with Gasteiger partial charge in [-0.15, -0.1) is 0 Å². The monoisotopic (exact) mass is 422 g/mol. The highest BCUT2D eigenvalue weighted by Crippen LogP contribution is 2.33. The van der Waals surface area contributed by atoms with Gasteiger partial charge in [-0.3, -0.25) is 15.0 Å². The van der Waals surface area contributed by atoms with Gasteiger partial charge in [0.25, 0.3) is 11.8 Å². The Labute approximate surface area is 169 Å². The molecule has 1 saturated heterocycles. The fraction of sp³-hybridized carbons (Fsp3) is 0.0556. The van der Waals surface area contributed by atoms with Crippen molar-refractivity contribution in [3.63, 3.8) is 0 Å². The average Bonchev–Trinajstić information content (AvgIpc) is 2.92. The second-order valence-corrected chi connectivity index (χ2v) is 7.40. The standard InChI is InChI=1S/C18H12ClFN2O3S2/c1-25-11-7-5-10(6-8-11)16(23)21-22-17(24)15(27-18(22)26)9-12-13(19)3-2-4-14(12)20/h2-9H,1H3,(H,21,23)/b15-9-. The van der Waals surface area contributed by atoms with E-state index in [0.717, 1.165) is 16.8 Å². The smallest absolute Gasteiger partial charge is 0.285 e. The summed E-state index contributed by atoms with van der Waals surface area (Å²) in [4.78, 5) is 25.1. The van der Waals surface area contributed by atoms with Crippen molar-refractivity contribution >= 4 is 57.8 Å². The van der Waals surface area contributed by atoms with Crippen LogP contribution in [0, 0.1) is 5.82 Å². The third kappa shape index (κ3) is 4.13. The number of halogens is 2. The molecule has 0 bridgehead atoms. The van der Waals surface area contributed by atoms with Crippen molar-refractivity contribution in [2.75, 3.05) is 7.11 Å². The van der Waals surface area contributed by atoms with Gasteiger partial charge in [0, 0.05) is 11.1 Å². The molecule has 1 aliphatic rings. The highest BCUT2D eigenvalue weighted by molar-refractivity contribution is 8.26. The Morgan fingerprint density at radius 3 is 2.63 bits per heavy atom. The number of methoxy groups -OCH3 is 1. The summed E-state index contributed by atoms with van der Waals surface area (Å²) in [5.41, 5.74) is 2.86. The zero-order valence-electron chi connectivity index (χ0n) is 13.9. The molecule has 1 heterocycles. The molecule has 3 rings (SSSR count). The zero-order chi connectivity index (χ0) is 19.6. The van der Waals surface area contributed by atoms with Crippen molar-refractivity contribution in [1.82, 2.24) is 10.4 Å². The van der Waals surface area contributed by atoms with Crippen LogP contribution in [-0.2, 0) is 4.79 Å². The number of hydrogen-bond acceptors (Lipinski definition) is 5. The Kier molecular flexibility index (Phi) is 5.79. The number of thiocarbonyl (C=S) groups is 1. The minimum absolute atomic E-state index is 0.0844. The van der Waals surface area contributed by atoms with Crippen LogP contribution in [0.5, 0.6) is 5.75 Å². The molecule has 0 saturated carbocycles. The third-order valence-corrected chi connectivity index (χ3v) is 5.27. The molecule has 138 valence electrons. The molecule has 27 heavy (non-hydrogen) atoms. The van der Waals surface area contributed by atoms with E-state index in [-0.39, 0.29) is 19.8 Å². The normalized spacial score (nSPS) is 15.4. The minimum atomic E-state index is -0.564. The molecule has 2 amide bonds. The van der Waals surface area contributed by atoms with Crippen LogP contribution in [0.3, 0.4) is 0 Å². The molecule has 1 fully saturated rings. The molecule has 0 atom stereocenters. The third-order valence-electron chi connectivity index (χ3n) is 3.63. The fourth-order valence-electron chi connectivity index (χ4n) is 2.25. The quantitative estimate of drug-likeness (QED) is 0.595. The molecule has 9 heteroatoms. The lowest BCUT2D eigenvalue weighted by atomic mass is 10.2. The molecule has 0 radical (unpaired) electrons. The van der Waals surface area contributed by atoms with Crippen LogP contribution in [0.1, 0.15) is 15.9 Å². The molecule has 0 aromatic heterocycles. The summed E-state index contributed by atoms with van der Waals surface area (Å²) >= 11 is 12.1. The highest BCUT2D eigenvalue weighted by atomic mass is 35.5. The van der Waals surface area contributed by atoms with Crippen molar-refractivity contribution in [2.45, 2.75) is 0 Å². The maximum atomic E-state index is 13.9. The van der Waals surface area contributed by atoms with E-state index in [4.69, 9.17) is 28.6 Å². The molecular weight excluding hydrogens is 411 g/mol. The Bertz CT molecular complexity index is 943. The lowest BCUT2D eigenvalue weighted by Crippen LogP contribution is -2.44. The summed E-state index contributed by atoms with van der Waals surface area (Å²) in [6.07, 6.45) is 1.32. The Morgan fingerprint density at radius 1 is 1.30 bits per heavy atom. The van der Waals surface area contributed by atoms with Crippen molar-refractivity contribution < 1.29 is 18.7 Å². The second kappa shape index (κ2) is 8.08. The van der Waals surface area contributed by atoms with Crippen LogP contribution in [0.15, 0.2) is 47.4 Å². The van der Waals surface area contributed by atoms with Gasteiger partial charge in [-0.1, -0.05) is 29.4 Å². The molecule has 2 aromatic carbocycles. The fourth-order valence-corrected chi connectivity index (χ4v) is 3.63. The molecule has 1 N–H and O–H groups in total. The Hall–Kier alpha value is -2.42. The minimum Gasteiger partial charge on any atom is -0.497 e. The maximum absolute atomic E-state index is 13.9. The first kappa shape index (κ1) is 19.3. The number of amides is 2. The van der Waals surface area contributed by atoms with E-state index < -0.39 is 17.6 Å². The van der Waals surface area contributed by atoms with Crippen LogP contribution in [0.25, 0.3) is 6.08 Å². The Balaban J connectivity index is 1.79. The summed E-state index contributed by atoms with van der Waals surface area (Å²) in [5, 5.41) is 1.12. The summed E-state index contributed by atoms with van der Waals surface area (Å²) in [6.45, 7) is 0. The zero-order valence-corrected chi connectivity index (χ0v) is 16.3. The summed E-state index contributed by atoms with van der Waals surface area (Å²) in [7, 11) is 1.52. The Morgan fingerprint density at radius 2 is 2.00 bits per heavy atom. The van der Waals surface area contributed by atoms with Crippen molar-refractivity contribution in [2.24, 2.45) is 0 Å². The lowest BCUT2D eigenvalue weighted by molar-refractivity contribution is -0.123. The number of hydrazine groups is 1. The van der Waals surface area contributed by atoms with Crippen LogP contribution >= 0.6 is 35.6 Å². The topological polar surface area (TPSA) is 58.6 Å². The largest absolute Gasteiger partial charge is 0.497 e. The number of ether oxygens (including phenoxy) is 1. The van der Waals surface area contributed by atoms with E-state index in [0.29, 0.717) is 11.3 Å². The molecule has 1 aliphatic heterocycles. The van der Waals surface area contributed by atoms with E-state index in [1.54, 1.807) is 24.3 Å². The van der Waals surface area contributed by atoms with E-state index in [1.807, 2.05) is 0 Å². The summed E-state index contributed by atoms with van der Waals surface area (Å²) in [5.74, 6) is -1.04. The molecule has 2 aromatic rings. The van der Waals surface area contributed by atoms with E-state index >= 15 is 0 Å². The maximum Gasteiger partial charge on any atom is 0.285 e. The SMILES string of the molecule is COc1ccc(C(=O)NN2C(=O)/C(=C/c3c(F)cccc3Cl)SC2=S)cc1. The number of benzene rings is 2. The first-order chi connectivity index (χ1) is 12.9. The number of nitrogens with zero attached hydrogens (tertiary/aromatic N) is 1. The predicted octanol–water partition coefficient (Wildman–Crippen LogP) is 4.03. The molecule has 5 nitrogen and oxygen atoms in total. The van der Waals surface area contributed by atoms with Gasteiger partial charge in [0.2, 0.25) is 0 Å². The van der Waals surface area contributed by atoms with Crippen LogP contribution in [0.4, 0.5) is 4.39 Å². The molecule has 0 unspecified atom stereocenters. The second-order valence-electron chi connectivity index (χ2n) is 5.32. The molecule has 0 aliphatic carbocycles. The first-order valence-electron chi connectivity index (χ1n) is 7.57. The van der Waals surface area contributed by atoms with E-state index in [1.165, 1.54) is 31.4 Å². The summed E-state index contributed by atoms with van der Waals surface area (Å²) < 4.78 is 19.1. The number of hydrogen-bond donors (Lipinski definition) is 1. The molecular formula is C18H12ClFN2O3S2. The number of rotatable bonds is 4. The predicted molar refractivity (Wildman–Crippen MR) is 107 cm³/mol. The van der Waals surface area contributed by atoms with Gasteiger partial charge in [0.05, 0.1) is 17.0 Å². The number of nitrogens with one attached hydrogen (secondary N) is 1. The van der Waals surface area contributed by atoms with Crippen LogP contribution in [-0.4, -0.2) is 28.3 Å². The van der Waals surface area contributed by atoms with Gasteiger partial charge >= 0.3 is 0 Å². The van der Waals surface area contributed by atoms with Crippen molar-refractivity contribution in [1.29, 1.82) is 0 Å². The van der Waals surface area contributed by atoms with Gasteiger partial charge in [0.1, 0.15) is 11.6 Å². The van der Waals surface area contributed by atoms with Gasteiger partial charge in [0.15, 0.2) is 4.32 Å². The van der Waals surface area contributed by atoms with Crippen molar-refractivity contribution in [3.8, 4) is 5.75 Å². The van der Waals surface area contributed by atoms with Crippen LogP contribution < -0.4 is 10.2 Å². The van der Waals surface area contributed by atoms with Crippen molar-refractivity contribution in [3.05, 3.63) is 69.3 Å². The van der Waals surface area contributed by atoms with E-state index in [2.05, 4.69) is 5.43 Å². The lowest BCUT2D eigenvalue weighted by Gasteiger charge is -2.15. The van der Waals surface area contributed by atoms with Gasteiger partial charge in [-0.05, 0) is 54.7 Å². The van der Waals surface area contributed by atoms with Gasteiger partial charge in [-0.2, -0.15) is 5.01 Å². The van der Waals surface area contributed by atoms with Crippen LogP contribution in [0.2, 0.25) is 5.02 Å². The highest BCUT2D eigenvalue weighted by Gasteiger charge is 2.34. The van der Waals surface area contributed by atoms with Gasteiger partial charge < -0.3 is 4.74 Å². The first-order valence-corrected chi connectivity index (χ1v) is 9.18. The average molecular weight is 423 g/mol. The van der Waals surface area contributed by atoms with Gasteiger partial charge in [-0.25, -0.2) is 4.39 Å². The number of thioether (sulfide) groups is 1. The summed E-state index contributed by atoms with van der Waals surface area (Å²) in [6, 6.07) is 10.6. The number of carbonyl (C=O) groups excluding carboxylic acids is 2. The molecule has 0 spiro atoms.